The molecule has 2 rings (SSSR count). The molecular formula is C10H7NO7S. The van der Waals surface area contributed by atoms with Crippen LogP contribution in [0.5, 0.6) is 0 Å². The van der Waals surface area contributed by atoms with Gasteiger partial charge in [0, 0.05) is 0 Å². The average Bonchev–Trinajstić information content (AvgIpc) is 2.50. The summed E-state index contributed by atoms with van der Waals surface area (Å²) in [6, 6.07) is 2.93. The Kier molecular flexibility index (Phi) is 2.78. The van der Waals surface area contributed by atoms with Gasteiger partial charge in [-0.1, -0.05) is 0 Å². The topological polar surface area (TPSA) is 129 Å². The van der Waals surface area contributed by atoms with Gasteiger partial charge in [-0.25, -0.2) is 17.5 Å². The summed E-state index contributed by atoms with van der Waals surface area (Å²) in [7, 11) is -4.22. The smallest absolute Gasteiger partial charge is 0.335 e. The molecule has 1 aliphatic heterocycles. The van der Waals surface area contributed by atoms with Crippen LogP contribution >= 0.6 is 0 Å². The Bertz CT molecular complexity index is 707. The van der Waals surface area contributed by atoms with Crippen molar-refractivity contribution in [2.45, 2.75) is 4.90 Å². The lowest BCUT2D eigenvalue weighted by atomic mass is 10.1. The molecule has 1 aliphatic rings. The van der Waals surface area contributed by atoms with Gasteiger partial charge in [0.1, 0.15) is 11.4 Å². The second kappa shape index (κ2) is 4.05. The minimum atomic E-state index is -4.22. The molecule has 0 spiro atoms. The Hall–Kier alpha value is -2.42. The molecule has 0 saturated carbocycles. The number of aliphatic carboxylic acids is 1. The zero-order valence-electron chi connectivity index (χ0n) is 9.23. The van der Waals surface area contributed by atoms with E-state index in [1.165, 1.54) is 0 Å². The summed E-state index contributed by atoms with van der Waals surface area (Å²) >= 11 is 0. The number of nitrogens with zero attached hydrogens (tertiary/aromatic N) is 1. The lowest BCUT2D eigenvalue weighted by molar-refractivity contribution is -0.136. The molecule has 8 nitrogen and oxygen atoms in total. The van der Waals surface area contributed by atoms with Crippen molar-refractivity contribution in [1.82, 2.24) is 4.31 Å². The number of amides is 1. The number of carbonyl (C=O) groups is 3. The number of carbonyl (C=O) groups excluding carboxylic acids is 1. The molecule has 0 aliphatic carbocycles. The van der Waals surface area contributed by atoms with Crippen LogP contribution in [-0.4, -0.2) is 47.3 Å². The fourth-order valence-electron chi connectivity index (χ4n) is 1.70. The number of hydrogen-bond donors (Lipinski definition) is 2. The maximum atomic E-state index is 11.9. The maximum absolute atomic E-state index is 11.9. The fraction of sp³-hybridized carbons (Fsp3) is 0.100. The van der Waals surface area contributed by atoms with Crippen LogP contribution in [0, 0.1) is 0 Å². The summed E-state index contributed by atoms with van der Waals surface area (Å²) in [6.07, 6.45) is 0. The Morgan fingerprint density at radius 3 is 2.37 bits per heavy atom. The zero-order valence-corrected chi connectivity index (χ0v) is 10.0. The van der Waals surface area contributed by atoms with E-state index in [1.54, 1.807) is 0 Å². The van der Waals surface area contributed by atoms with Gasteiger partial charge in [-0.3, -0.25) is 9.59 Å². The lowest BCUT2D eigenvalue weighted by Gasteiger charge is -2.11. The van der Waals surface area contributed by atoms with Crippen LogP contribution in [0.25, 0.3) is 0 Å². The number of sulfonamides is 1. The molecule has 1 heterocycles. The Morgan fingerprint density at radius 2 is 1.84 bits per heavy atom. The van der Waals surface area contributed by atoms with E-state index in [4.69, 9.17) is 10.2 Å². The van der Waals surface area contributed by atoms with E-state index in [2.05, 4.69) is 0 Å². The molecule has 0 fully saturated rings. The highest BCUT2D eigenvalue weighted by molar-refractivity contribution is 7.90. The Morgan fingerprint density at radius 1 is 1.21 bits per heavy atom. The van der Waals surface area contributed by atoms with Gasteiger partial charge in [0.2, 0.25) is 0 Å². The Labute approximate surface area is 106 Å². The summed E-state index contributed by atoms with van der Waals surface area (Å²) in [5.74, 6) is -3.84. The first-order chi connectivity index (χ1) is 8.75. The van der Waals surface area contributed by atoms with Crippen LogP contribution in [0.3, 0.4) is 0 Å². The van der Waals surface area contributed by atoms with Crippen molar-refractivity contribution in [1.29, 1.82) is 0 Å². The van der Waals surface area contributed by atoms with Crippen molar-refractivity contribution in [2.75, 3.05) is 6.54 Å². The first-order valence-corrected chi connectivity index (χ1v) is 6.35. The van der Waals surface area contributed by atoms with Crippen molar-refractivity contribution in [3.05, 3.63) is 29.3 Å². The third-order valence-electron chi connectivity index (χ3n) is 2.53. The van der Waals surface area contributed by atoms with E-state index < -0.39 is 34.4 Å². The normalized spacial score (nSPS) is 16.2. The molecule has 0 aromatic heterocycles. The molecule has 0 bridgehead atoms. The van der Waals surface area contributed by atoms with Crippen LogP contribution in [0.15, 0.2) is 23.1 Å². The van der Waals surface area contributed by atoms with Crippen LogP contribution in [0.4, 0.5) is 0 Å². The molecule has 1 aromatic rings. The summed E-state index contributed by atoms with van der Waals surface area (Å²) in [6.45, 7) is -1.00. The van der Waals surface area contributed by atoms with E-state index in [0.717, 1.165) is 18.2 Å². The summed E-state index contributed by atoms with van der Waals surface area (Å²) in [5, 5.41) is 17.4. The van der Waals surface area contributed by atoms with Crippen molar-refractivity contribution >= 4 is 27.9 Å². The predicted molar refractivity (Wildman–Crippen MR) is 59.3 cm³/mol. The first kappa shape index (κ1) is 13.0. The third kappa shape index (κ3) is 1.93. The largest absolute Gasteiger partial charge is 0.480 e. The highest BCUT2D eigenvalue weighted by atomic mass is 32.2. The maximum Gasteiger partial charge on any atom is 0.335 e. The van der Waals surface area contributed by atoms with Crippen LogP contribution in [-0.2, 0) is 14.8 Å². The number of benzene rings is 1. The zero-order chi connectivity index (χ0) is 14.4. The van der Waals surface area contributed by atoms with Gasteiger partial charge in [0.25, 0.3) is 15.9 Å². The van der Waals surface area contributed by atoms with E-state index in [-0.39, 0.29) is 20.3 Å². The molecule has 0 saturated heterocycles. The molecule has 0 unspecified atom stereocenters. The van der Waals surface area contributed by atoms with Crippen LogP contribution < -0.4 is 0 Å². The minimum absolute atomic E-state index is 0.200. The van der Waals surface area contributed by atoms with Gasteiger partial charge < -0.3 is 10.2 Å². The second-order valence-electron chi connectivity index (χ2n) is 3.73. The van der Waals surface area contributed by atoms with E-state index in [0.29, 0.717) is 0 Å². The van der Waals surface area contributed by atoms with Crippen LogP contribution in [0.1, 0.15) is 20.7 Å². The SMILES string of the molecule is O=C(O)CN1C(=O)c2cc(C(=O)O)ccc2S1(=O)=O. The molecule has 0 radical (unpaired) electrons. The standard InChI is InChI=1S/C10H7NO7S/c12-8(13)4-11-9(14)6-3-5(10(15)16)1-2-7(6)19(11,17)18/h1-3H,4H2,(H,12,13)(H,15,16). The van der Waals surface area contributed by atoms with E-state index in [1.807, 2.05) is 0 Å². The van der Waals surface area contributed by atoms with Gasteiger partial charge in [0.05, 0.1) is 11.1 Å². The predicted octanol–water partition coefficient (Wildman–Crippen LogP) is -0.386. The molecule has 1 amide bonds. The van der Waals surface area contributed by atoms with Gasteiger partial charge >= 0.3 is 11.9 Å². The average molecular weight is 285 g/mol. The van der Waals surface area contributed by atoms with Crippen molar-refractivity contribution < 1.29 is 33.0 Å². The number of fused-ring (bicyclic) bond motifs is 1. The highest BCUT2D eigenvalue weighted by Gasteiger charge is 2.42. The third-order valence-corrected chi connectivity index (χ3v) is 4.32. The second-order valence-corrected chi connectivity index (χ2v) is 5.56. The molecule has 9 heteroatoms. The lowest BCUT2D eigenvalue weighted by Crippen LogP contribution is -2.34. The molecule has 19 heavy (non-hydrogen) atoms. The molecule has 0 atom stereocenters. The molecular weight excluding hydrogens is 278 g/mol. The molecule has 1 aromatic carbocycles. The number of carboxylic acid groups (broad SMARTS) is 2. The van der Waals surface area contributed by atoms with Gasteiger partial charge in [0.15, 0.2) is 0 Å². The fourth-order valence-corrected chi connectivity index (χ4v) is 3.20. The number of aromatic carboxylic acids is 1. The van der Waals surface area contributed by atoms with Crippen LogP contribution in [0.2, 0.25) is 0 Å². The van der Waals surface area contributed by atoms with E-state index >= 15 is 0 Å². The van der Waals surface area contributed by atoms with Gasteiger partial charge in [-0.15, -0.1) is 0 Å². The number of rotatable bonds is 3. The van der Waals surface area contributed by atoms with Crippen molar-refractivity contribution in [2.24, 2.45) is 0 Å². The quantitative estimate of drug-likeness (QED) is 0.773. The van der Waals surface area contributed by atoms with E-state index in [9.17, 15) is 22.8 Å². The highest BCUT2D eigenvalue weighted by Crippen LogP contribution is 2.30. The van der Waals surface area contributed by atoms with Crippen molar-refractivity contribution in [3.8, 4) is 0 Å². The molecule has 100 valence electrons. The van der Waals surface area contributed by atoms with Gasteiger partial charge in [-0.2, -0.15) is 0 Å². The Balaban J connectivity index is 2.60. The monoisotopic (exact) mass is 285 g/mol. The van der Waals surface area contributed by atoms with Gasteiger partial charge in [-0.05, 0) is 18.2 Å². The summed E-state index contributed by atoms with van der Waals surface area (Å²) in [5.41, 5.74) is -0.583. The first-order valence-electron chi connectivity index (χ1n) is 4.91. The summed E-state index contributed by atoms with van der Waals surface area (Å²) in [4.78, 5) is 32.7. The minimum Gasteiger partial charge on any atom is -0.480 e. The number of hydrogen-bond acceptors (Lipinski definition) is 5. The van der Waals surface area contributed by atoms with Crippen molar-refractivity contribution in [3.63, 3.8) is 0 Å². The summed E-state index contributed by atoms with van der Waals surface area (Å²) < 4.78 is 24.0. The molecule has 2 N–H and O–H groups in total. The number of carboxylic acids is 2.